The van der Waals surface area contributed by atoms with E-state index in [9.17, 15) is 4.79 Å². The largest absolute Gasteiger partial charge is 0.466 e. The van der Waals surface area contributed by atoms with Crippen LogP contribution in [0.15, 0.2) is 18.2 Å². The maximum Gasteiger partial charge on any atom is 0.307 e. The molecule has 0 spiro atoms. The lowest BCUT2D eigenvalue weighted by molar-refractivity contribution is -0.143. The molecule has 1 aromatic carbocycles. The van der Waals surface area contributed by atoms with Crippen molar-refractivity contribution in [2.24, 2.45) is 0 Å². The topological polar surface area (TPSA) is 38.3 Å². The van der Waals surface area contributed by atoms with E-state index in [0.717, 1.165) is 13.0 Å². The predicted octanol–water partition coefficient (Wildman–Crippen LogP) is 3.30. The van der Waals surface area contributed by atoms with Gasteiger partial charge in [0.25, 0.3) is 0 Å². The van der Waals surface area contributed by atoms with E-state index in [1.54, 1.807) is 0 Å². The standard InChI is InChI=1S/C16H25NO2/c1-5-9-17-15(11-16(18)19-6-2)14-10-12(3)7-8-13(14)4/h7-8,10,15,17H,5-6,9,11H2,1-4H3. The van der Waals surface area contributed by atoms with Crippen LogP contribution in [-0.2, 0) is 9.53 Å². The maximum atomic E-state index is 11.7. The van der Waals surface area contributed by atoms with Crippen molar-refractivity contribution < 1.29 is 9.53 Å². The molecule has 0 aliphatic rings. The van der Waals surface area contributed by atoms with Gasteiger partial charge in [-0.1, -0.05) is 30.7 Å². The highest BCUT2D eigenvalue weighted by Gasteiger charge is 2.18. The first kappa shape index (κ1) is 15.7. The van der Waals surface area contributed by atoms with Crippen molar-refractivity contribution in [1.29, 1.82) is 0 Å². The van der Waals surface area contributed by atoms with Crippen LogP contribution in [0.4, 0.5) is 0 Å². The van der Waals surface area contributed by atoms with Crippen molar-refractivity contribution in [2.75, 3.05) is 13.2 Å². The van der Waals surface area contributed by atoms with Crippen LogP contribution < -0.4 is 5.32 Å². The Labute approximate surface area is 116 Å². The monoisotopic (exact) mass is 263 g/mol. The molecular weight excluding hydrogens is 238 g/mol. The lowest BCUT2D eigenvalue weighted by atomic mass is 9.96. The van der Waals surface area contributed by atoms with Crippen molar-refractivity contribution in [1.82, 2.24) is 5.32 Å². The minimum atomic E-state index is -0.142. The number of nitrogens with one attached hydrogen (secondary N) is 1. The van der Waals surface area contributed by atoms with Gasteiger partial charge in [0.15, 0.2) is 0 Å². The van der Waals surface area contributed by atoms with Gasteiger partial charge in [-0.3, -0.25) is 4.79 Å². The highest BCUT2D eigenvalue weighted by molar-refractivity contribution is 5.70. The Morgan fingerprint density at radius 3 is 2.68 bits per heavy atom. The third-order valence-corrected chi connectivity index (χ3v) is 3.13. The summed E-state index contributed by atoms with van der Waals surface area (Å²) in [5, 5.41) is 3.44. The number of ether oxygens (including phenoxy) is 1. The zero-order valence-electron chi connectivity index (χ0n) is 12.5. The zero-order chi connectivity index (χ0) is 14.3. The van der Waals surface area contributed by atoms with Gasteiger partial charge < -0.3 is 10.1 Å². The van der Waals surface area contributed by atoms with Crippen LogP contribution in [-0.4, -0.2) is 19.1 Å². The number of carbonyl (C=O) groups excluding carboxylic acids is 1. The number of benzene rings is 1. The van der Waals surface area contributed by atoms with Crippen molar-refractivity contribution in [3.63, 3.8) is 0 Å². The van der Waals surface area contributed by atoms with Gasteiger partial charge in [0.2, 0.25) is 0 Å². The van der Waals surface area contributed by atoms with Crippen molar-refractivity contribution >= 4 is 5.97 Å². The van der Waals surface area contributed by atoms with Crippen molar-refractivity contribution in [3.8, 4) is 0 Å². The lowest BCUT2D eigenvalue weighted by Crippen LogP contribution is -2.26. The average molecular weight is 263 g/mol. The molecule has 1 rings (SSSR count). The van der Waals surface area contributed by atoms with E-state index in [4.69, 9.17) is 4.74 Å². The van der Waals surface area contributed by atoms with Gasteiger partial charge in [-0.25, -0.2) is 0 Å². The molecule has 0 saturated carbocycles. The maximum absolute atomic E-state index is 11.7. The van der Waals surface area contributed by atoms with Gasteiger partial charge in [0.1, 0.15) is 0 Å². The quantitative estimate of drug-likeness (QED) is 0.767. The first-order valence-electron chi connectivity index (χ1n) is 7.04. The van der Waals surface area contributed by atoms with E-state index in [0.29, 0.717) is 13.0 Å². The van der Waals surface area contributed by atoms with Crippen molar-refractivity contribution in [2.45, 2.75) is 46.6 Å². The van der Waals surface area contributed by atoms with Crippen LogP contribution in [0.2, 0.25) is 0 Å². The summed E-state index contributed by atoms with van der Waals surface area (Å²) in [7, 11) is 0. The summed E-state index contributed by atoms with van der Waals surface area (Å²) in [6.07, 6.45) is 1.43. The summed E-state index contributed by atoms with van der Waals surface area (Å²) in [5.41, 5.74) is 3.62. The summed E-state index contributed by atoms with van der Waals surface area (Å²) in [6, 6.07) is 6.40. The number of carbonyl (C=O) groups is 1. The van der Waals surface area contributed by atoms with Crippen LogP contribution in [0.25, 0.3) is 0 Å². The van der Waals surface area contributed by atoms with Gasteiger partial charge in [-0.15, -0.1) is 0 Å². The molecule has 1 atom stereocenters. The molecule has 1 aromatic rings. The Bertz CT molecular complexity index is 415. The predicted molar refractivity (Wildman–Crippen MR) is 78.2 cm³/mol. The Balaban J connectivity index is 2.88. The Hall–Kier alpha value is -1.35. The molecular formula is C16H25NO2. The van der Waals surface area contributed by atoms with Crippen LogP contribution in [0, 0.1) is 13.8 Å². The van der Waals surface area contributed by atoms with Gasteiger partial charge in [-0.2, -0.15) is 0 Å². The minimum Gasteiger partial charge on any atom is -0.466 e. The summed E-state index contributed by atoms with van der Waals surface area (Å²) in [5.74, 6) is -0.142. The number of hydrogen-bond acceptors (Lipinski definition) is 3. The zero-order valence-corrected chi connectivity index (χ0v) is 12.5. The molecule has 0 bridgehead atoms. The van der Waals surface area contributed by atoms with E-state index < -0.39 is 0 Å². The minimum absolute atomic E-state index is 0.0406. The van der Waals surface area contributed by atoms with E-state index in [-0.39, 0.29) is 12.0 Å². The molecule has 3 nitrogen and oxygen atoms in total. The molecule has 106 valence electrons. The summed E-state index contributed by atoms with van der Waals surface area (Å²) in [4.78, 5) is 11.7. The average Bonchev–Trinajstić information content (AvgIpc) is 2.38. The molecule has 0 heterocycles. The van der Waals surface area contributed by atoms with E-state index in [1.807, 2.05) is 6.92 Å². The van der Waals surface area contributed by atoms with E-state index >= 15 is 0 Å². The number of aryl methyl sites for hydroxylation is 2. The summed E-state index contributed by atoms with van der Waals surface area (Å²) >= 11 is 0. The SMILES string of the molecule is CCCNC(CC(=O)OCC)c1cc(C)ccc1C. The molecule has 0 amide bonds. The highest BCUT2D eigenvalue weighted by atomic mass is 16.5. The van der Waals surface area contributed by atoms with E-state index in [1.165, 1.54) is 16.7 Å². The second-order valence-electron chi connectivity index (χ2n) is 4.88. The normalized spacial score (nSPS) is 12.2. The fourth-order valence-electron chi connectivity index (χ4n) is 2.13. The second kappa shape index (κ2) is 7.95. The molecule has 19 heavy (non-hydrogen) atoms. The van der Waals surface area contributed by atoms with Gasteiger partial charge in [-0.05, 0) is 44.9 Å². The first-order chi connectivity index (χ1) is 9.08. The second-order valence-corrected chi connectivity index (χ2v) is 4.88. The Kier molecular flexibility index (Phi) is 6.57. The number of rotatable bonds is 7. The Morgan fingerprint density at radius 2 is 2.05 bits per heavy atom. The molecule has 1 N–H and O–H groups in total. The number of hydrogen-bond donors (Lipinski definition) is 1. The summed E-state index contributed by atoms with van der Waals surface area (Å²) in [6.45, 7) is 9.45. The molecule has 0 aliphatic carbocycles. The number of esters is 1. The van der Waals surface area contributed by atoms with Crippen LogP contribution in [0.1, 0.15) is 49.4 Å². The molecule has 0 fully saturated rings. The van der Waals surface area contributed by atoms with Gasteiger partial charge in [0.05, 0.1) is 13.0 Å². The van der Waals surface area contributed by atoms with Gasteiger partial charge in [0, 0.05) is 6.04 Å². The van der Waals surface area contributed by atoms with E-state index in [2.05, 4.69) is 44.3 Å². The Morgan fingerprint density at radius 1 is 1.32 bits per heavy atom. The molecule has 3 heteroatoms. The first-order valence-corrected chi connectivity index (χ1v) is 7.04. The molecule has 0 radical (unpaired) electrons. The molecule has 0 aliphatic heterocycles. The third kappa shape index (κ3) is 5.03. The third-order valence-electron chi connectivity index (χ3n) is 3.13. The van der Waals surface area contributed by atoms with Gasteiger partial charge >= 0.3 is 5.97 Å². The van der Waals surface area contributed by atoms with Crippen molar-refractivity contribution in [3.05, 3.63) is 34.9 Å². The molecule has 1 unspecified atom stereocenters. The van der Waals surface area contributed by atoms with Crippen LogP contribution >= 0.6 is 0 Å². The lowest BCUT2D eigenvalue weighted by Gasteiger charge is -2.20. The summed E-state index contributed by atoms with van der Waals surface area (Å²) < 4.78 is 5.06. The molecule has 0 saturated heterocycles. The fourth-order valence-corrected chi connectivity index (χ4v) is 2.13. The van der Waals surface area contributed by atoms with Crippen LogP contribution in [0.3, 0.4) is 0 Å². The highest BCUT2D eigenvalue weighted by Crippen LogP contribution is 2.22. The fraction of sp³-hybridized carbons (Fsp3) is 0.562. The van der Waals surface area contributed by atoms with Crippen LogP contribution in [0.5, 0.6) is 0 Å². The molecule has 0 aromatic heterocycles. The smallest absolute Gasteiger partial charge is 0.307 e.